The van der Waals surface area contributed by atoms with Crippen molar-refractivity contribution in [2.45, 2.75) is 12.1 Å². The van der Waals surface area contributed by atoms with Crippen LogP contribution in [0.2, 0.25) is 10.0 Å². The zero-order chi connectivity index (χ0) is 24.3. The number of hydrogen-bond acceptors (Lipinski definition) is 4. The third-order valence-electron chi connectivity index (χ3n) is 6.86. The molecule has 0 spiro atoms. The molecular weight excluding hydrogens is 485 g/mol. The van der Waals surface area contributed by atoms with Crippen LogP contribution in [0.3, 0.4) is 0 Å². The van der Waals surface area contributed by atoms with Gasteiger partial charge in [-0.15, -0.1) is 0 Å². The first-order chi connectivity index (χ1) is 16.9. The van der Waals surface area contributed by atoms with Gasteiger partial charge in [-0.05, 0) is 54.1 Å². The Morgan fingerprint density at radius 1 is 0.829 bits per heavy atom. The molecule has 2 saturated heterocycles. The van der Waals surface area contributed by atoms with E-state index in [9.17, 15) is 14.4 Å². The predicted octanol–water partition coefficient (Wildman–Crippen LogP) is 5.02. The molecule has 0 bridgehead atoms. The predicted molar refractivity (Wildman–Crippen MR) is 137 cm³/mol. The summed E-state index contributed by atoms with van der Waals surface area (Å²) in [4.78, 5) is 44.3. The highest BCUT2D eigenvalue weighted by Gasteiger charge is 2.64. The Hall–Kier alpha value is -3.61. The van der Waals surface area contributed by atoms with Crippen LogP contribution >= 0.6 is 23.2 Å². The number of amides is 3. The quantitative estimate of drug-likeness (QED) is 0.509. The van der Waals surface area contributed by atoms with Gasteiger partial charge in [-0.3, -0.25) is 14.4 Å². The molecule has 0 aliphatic carbocycles. The fourth-order valence-electron chi connectivity index (χ4n) is 5.43. The van der Waals surface area contributed by atoms with Gasteiger partial charge in [0.15, 0.2) is 0 Å². The van der Waals surface area contributed by atoms with Crippen LogP contribution in [0.15, 0.2) is 78.9 Å². The summed E-state index contributed by atoms with van der Waals surface area (Å²) in [6, 6.07) is 19.8. The van der Waals surface area contributed by atoms with E-state index < -0.39 is 29.8 Å². The Labute approximate surface area is 211 Å². The number of hydrogen-bond donors (Lipinski definition) is 1. The topological polar surface area (TPSA) is 69.7 Å². The molecule has 3 aliphatic rings. The highest BCUT2D eigenvalue weighted by molar-refractivity contribution is 6.32. The van der Waals surface area contributed by atoms with Crippen LogP contribution in [-0.4, -0.2) is 29.8 Å². The van der Waals surface area contributed by atoms with Crippen LogP contribution in [-0.2, 0) is 14.4 Å². The lowest BCUT2D eigenvalue weighted by Crippen LogP contribution is -2.50. The van der Waals surface area contributed by atoms with E-state index in [4.69, 9.17) is 23.2 Å². The maximum absolute atomic E-state index is 13.8. The summed E-state index contributed by atoms with van der Waals surface area (Å²) in [6.07, 6.45) is 3.87. The molecular formula is C27H19Cl2N3O3. The molecule has 3 amide bonds. The highest BCUT2D eigenvalue weighted by atomic mass is 35.5. The molecule has 0 aromatic heterocycles. The van der Waals surface area contributed by atoms with Crippen molar-refractivity contribution in [3.63, 3.8) is 0 Å². The SMILES string of the molecule is O=C(Nc1ccc(Cl)cc1)[C@@H]1[C@@H]2C(=O)N(c3cccc(Cl)c3)C(=O)[C@@H]2[C@H]2C=Cc3ccccc3N21. The summed E-state index contributed by atoms with van der Waals surface area (Å²) in [5, 5.41) is 3.89. The van der Waals surface area contributed by atoms with Crippen molar-refractivity contribution in [2.75, 3.05) is 15.1 Å². The Bertz CT molecular complexity index is 1400. The number of fused-ring (bicyclic) bond motifs is 5. The minimum atomic E-state index is -0.882. The highest BCUT2D eigenvalue weighted by Crippen LogP contribution is 2.49. The fourth-order valence-corrected chi connectivity index (χ4v) is 5.74. The number of halogens is 2. The molecule has 1 N–H and O–H groups in total. The Morgan fingerprint density at radius 3 is 2.34 bits per heavy atom. The fraction of sp³-hybridized carbons (Fsp3) is 0.148. The molecule has 35 heavy (non-hydrogen) atoms. The number of carbonyl (C=O) groups excluding carboxylic acids is 3. The van der Waals surface area contributed by atoms with Gasteiger partial charge in [-0.2, -0.15) is 0 Å². The van der Waals surface area contributed by atoms with Crippen molar-refractivity contribution in [3.8, 4) is 0 Å². The van der Waals surface area contributed by atoms with Crippen LogP contribution in [0.25, 0.3) is 6.08 Å². The zero-order valence-electron chi connectivity index (χ0n) is 18.3. The zero-order valence-corrected chi connectivity index (χ0v) is 19.8. The molecule has 3 aromatic rings. The van der Waals surface area contributed by atoms with Crippen LogP contribution in [0.1, 0.15) is 5.56 Å². The standard InChI is InChI=1S/C27H19Cl2N3O3/c28-16-9-11-18(12-10-16)30-25(33)24-23-22(21-13-8-15-4-1-2-7-20(15)32(21)24)26(34)31(27(23)35)19-6-3-5-17(29)14-19/h1-14,21-24H,(H,30,33)/t21-,22-,23-,24+/m1/s1. The first kappa shape index (κ1) is 21.9. The van der Waals surface area contributed by atoms with Gasteiger partial charge in [0.2, 0.25) is 17.7 Å². The van der Waals surface area contributed by atoms with E-state index in [-0.39, 0.29) is 11.8 Å². The number of para-hydroxylation sites is 1. The van der Waals surface area contributed by atoms with Crippen LogP contribution in [0.4, 0.5) is 17.1 Å². The van der Waals surface area contributed by atoms with E-state index >= 15 is 0 Å². The minimum absolute atomic E-state index is 0.330. The molecule has 8 heteroatoms. The first-order valence-electron chi connectivity index (χ1n) is 11.2. The van der Waals surface area contributed by atoms with Crippen molar-refractivity contribution >= 4 is 64.1 Å². The maximum atomic E-state index is 13.8. The molecule has 174 valence electrons. The van der Waals surface area contributed by atoms with Gasteiger partial charge < -0.3 is 10.2 Å². The van der Waals surface area contributed by atoms with Gasteiger partial charge in [-0.1, -0.05) is 59.6 Å². The first-order valence-corrected chi connectivity index (χ1v) is 11.9. The van der Waals surface area contributed by atoms with E-state index in [1.807, 2.05) is 41.3 Å². The molecule has 4 atom stereocenters. The van der Waals surface area contributed by atoms with Crippen molar-refractivity contribution in [3.05, 3.63) is 94.5 Å². The van der Waals surface area contributed by atoms with Crippen LogP contribution in [0.5, 0.6) is 0 Å². The van der Waals surface area contributed by atoms with Gasteiger partial charge in [0.25, 0.3) is 0 Å². The molecule has 0 saturated carbocycles. The molecule has 3 aromatic carbocycles. The minimum Gasteiger partial charge on any atom is -0.351 e. The molecule has 0 unspecified atom stereocenters. The average molecular weight is 504 g/mol. The van der Waals surface area contributed by atoms with Gasteiger partial charge in [0, 0.05) is 21.4 Å². The van der Waals surface area contributed by atoms with Crippen LogP contribution in [0, 0.1) is 11.8 Å². The van der Waals surface area contributed by atoms with E-state index in [0.29, 0.717) is 21.4 Å². The monoisotopic (exact) mass is 503 g/mol. The molecule has 6 nitrogen and oxygen atoms in total. The van der Waals surface area contributed by atoms with Gasteiger partial charge in [-0.25, -0.2) is 4.90 Å². The van der Waals surface area contributed by atoms with E-state index in [2.05, 4.69) is 5.32 Å². The smallest absolute Gasteiger partial charge is 0.247 e. The van der Waals surface area contributed by atoms with Crippen molar-refractivity contribution in [1.82, 2.24) is 0 Å². The van der Waals surface area contributed by atoms with E-state index in [1.165, 1.54) is 4.90 Å². The number of nitrogens with one attached hydrogen (secondary N) is 1. The number of nitrogens with zero attached hydrogens (tertiary/aromatic N) is 2. The number of imide groups is 1. The summed E-state index contributed by atoms with van der Waals surface area (Å²) in [6.45, 7) is 0. The lowest BCUT2D eigenvalue weighted by molar-refractivity contribution is -0.126. The van der Waals surface area contributed by atoms with E-state index in [0.717, 1.165) is 11.3 Å². The Balaban J connectivity index is 1.44. The number of benzene rings is 3. The second kappa shape index (κ2) is 8.26. The lowest BCUT2D eigenvalue weighted by atomic mass is 9.88. The number of rotatable bonds is 3. The van der Waals surface area contributed by atoms with E-state index in [1.54, 1.807) is 48.5 Å². The number of carbonyl (C=O) groups is 3. The lowest BCUT2D eigenvalue weighted by Gasteiger charge is -2.36. The molecule has 2 fully saturated rings. The van der Waals surface area contributed by atoms with Crippen molar-refractivity contribution in [1.29, 1.82) is 0 Å². The third kappa shape index (κ3) is 3.44. The van der Waals surface area contributed by atoms with Gasteiger partial charge in [0.1, 0.15) is 6.04 Å². The molecule has 0 radical (unpaired) electrons. The summed E-state index contributed by atoms with van der Waals surface area (Å²) in [7, 11) is 0. The number of anilines is 3. The summed E-state index contributed by atoms with van der Waals surface area (Å²) >= 11 is 12.1. The Morgan fingerprint density at radius 2 is 1.57 bits per heavy atom. The normalized spacial score (nSPS) is 24.3. The largest absolute Gasteiger partial charge is 0.351 e. The summed E-state index contributed by atoms with van der Waals surface area (Å²) < 4.78 is 0. The second-order valence-corrected chi connectivity index (χ2v) is 9.67. The maximum Gasteiger partial charge on any atom is 0.247 e. The van der Waals surface area contributed by atoms with Crippen LogP contribution < -0.4 is 15.1 Å². The molecule has 3 heterocycles. The third-order valence-corrected chi connectivity index (χ3v) is 7.35. The average Bonchev–Trinajstić information content (AvgIpc) is 3.33. The molecule has 6 rings (SSSR count). The van der Waals surface area contributed by atoms with Gasteiger partial charge in [0.05, 0.1) is 23.6 Å². The summed E-state index contributed by atoms with van der Waals surface area (Å²) in [5.74, 6) is -2.65. The van der Waals surface area contributed by atoms with Crippen molar-refractivity contribution < 1.29 is 14.4 Å². The summed E-state index contributed by atoms with van der Waals surface area (Å²) in [5.41, 5.74) is 2.72. The van der Waals surface area contributed by atoms with Gasteiger partial charge >= 0.3 is 0 Å². The Kier molecular flexibility index (Phi) is 5.16. The molecule has 3 aliphatic heterocycles. The van der Waals surface area contributed by atoms with Crippen molar-refractivity contribution in [2.24, 2.45) is 11.8 Å². The second-order valence-electron chi connectivity index (χ2n) is 8.80.